The van der Waals surface area contributed by atoms with Crippen LogP contribution < -0.4 is 5.56 Å². The number of nitrogens with zero attached hydrogens (tertiary/aromatic N) is 4. The first-order valence-corrected chi connectivity index (χ1v) is 11.6. The number of halogens is 1. The molecule has 35 heavy (non-hydrogen) atoms. The Morgan fingerprint density at radius 1 is 1.00 bits per heavy atom. The average molecular weight is 484 g/mol. The van der Waals surface area contributed by atoms with Crippen LogP contribution in [0.1, 0.15) is 23.2 Å². The molecule has 1 N–H and O–H groups in total. The van der Waals surface area contributed by atoms with Crippen LogP contribution in [0.3, 0.4) is 0 Å². The lowest BCUT2D eigenvalue weighted by molar-refractivity contribution is 0.0739. The Morgan fingerprint density at radius 3 is 2.46 bits per heavy atom. The number of amides is 1. The van der Waals surface area contributed by atoms with Gasteiger partial charge in [0.15, 0.2) is 0 Å². The van der Waals surface area contributed by atoms with Gasteiger partial charge in [0.05, 0.1) is 28.8 Å². The fraction of sp³-hybridized carbons (Fsp3) is 0.111. The molecule has 2 heterocycles. The Kier molecular flexibility index (Phi) is 6.16. The van der Waals surface area contributed by atoms with Crippen molar-refractivity contribution in [2.24, 2.45) is 0 Å². The molecule has 0 unspecified atom stereocenters. The molecule has 0 aliphatic heterocycles. The molecule has 0 fully saturated rings. The lowest BCUT2D eigenvalue weighted by Gasteiger charge is -2.21. The lowest BCUT2D eigenvalue weighted by atomic mass is 10.1. The third-order valence-electron chi connectivity index (χ3n) is 5.74. The van der Waals surface area contributed by atoms with Crippen molar-refractivity contribution in [2.75, 3.05) is 6.54 Å². The summed E-state index contributed by atoms with van der Waals surface area (Å²) in [7, 11) is 0. The minimum Gasteiger partial charge on any atom is -0.330 e. The predicted molar refractivity (Wildman–Crippen MR) is 137 cm³/mol. The predicted octanol–water partition coefficient (Wildman–Crippen LogP) is 5.09. The Balaban J connectivity index is 1.53. The molecule has 8 heteroatoms. The highest BCUT2D eigenvalue weighted by Crippen LogP contribution is 2.24. The third kappa shape index (κ3) is 4.58. The summed E-state index contributed by atoms with van der Waals surface area (Å²) in [6.07, 6.45) is 0. The second-order valence-electron chi connectivity index (χ2n) is 8.02. The summed E-state index contributed by atoms with van der Waals surface area (Å²) in [6, 6.07) is 25.7. The average Bonchev–Trinajstić information content (AvgIpc) is 3.33. The Morgan fingerprint density at radius 2 is 1.71 bits per heavy atom. The van der Waals surface area contributed by atoms with Gasteiger partial charge in [-0.3, -0.25) is 9.59 Å². The van der Waals surface area contributed by atoms with Gasteiger partial charge in [-0.15, -0.1) is 0 Å². The van der Waals surface area contributed by atoms with Crippen molar-refractivity contribution in [1.29, 1.82) is 0 Å². The topological polar surface area (TPSA) is 83.9 Å². The zero-order valence-corrected chi connectivity index (χ0v) is 19.7. The zero-order chi connectivity index (χ0) is 24.4. The van der Waals surface area contributed by atoms with E-state index in [2.05, 4.69) is 9.97 Å². The van der Waals surface area contributed by atoms with E-state index >= 15 is 0 Å². The highest BCUT2D eigenvalue weighted by molar-refractivity contribution is 6.30. The quantitative estimate of drug-likeness (QED) is 0.364. The number of H-pyrrole nitrogens is 1. The summed E-state index contributed by atoms with van der Waals surface area (Å²) >= 11 is 6.05. The number of hydrogen-bond donors (Lipinski definition) is 1. The van der Waals surface area contributed by atoms with Gasteiger partial charge in [-0.05, 0) is 49.4 Å². The summed E-state index contributed by atoms with van der Waals surface area (Å²) in [6.45, 7) is 2.47. The number of benzene rings is 3. The minimum absolute atomic E-state index is 0.158. The van der Waals surface area contributed by atoms with Crippen LogP contribution in [0, 0.1) is 0 Å². The van der Waals surface area contributed by atoms with Gasteiger partial charge in [0.25, 0.3) is 11.5 Å². The van der Waals surface area contributed by atoms with Crippen LogP contribution in [-0.2, 0) is 6.54 Å². The van der Waals surface area contributed by atoms with Crippen LogP contribution in [0.5, 0.6) is 0 Å². The van der Waals surface area contributed by atoms with Gasteiger partial charge in [-0.1, -0.05) is 54.1 Å². The fourth-order valence-electron chi connectivity index (χ4n) is 3.94. The van der Waals surface area contributed by atoms with Gasteiger partial charge in [-0.25, -0.2) is 9.67 Å². The number of aromatic nitrogens is 4. The molecule has 0 atom stereocenters. The summed E-state index contributed by atoms with van der Waals surface area (Å²) in [4.78, 5) is 35.3. The molecule has 5 rings (SSSR count). The maximum atomic E-state index is 13.7. The molecule has 0 saturated carbocycles. The SMILES string of the molecule is CCN(Cc1nc2ccccc2c(=O)[nH]1)C(=O)c1cc(-c2ccc(Cl)cc2)nn1-c1ccccc1. The van der Waals surface area contributed by atoms with Crippen molar-refractivity contribution < 1.29 is 4.79 Å². The molecule has 3 aromatic carbocycles. The molecule has 0 radical (unpaired) electrons. The first-order valence-electron chi connectivity index (χ1n) is 11.2. The largest absolute Gasteiger partial charge is 0.330 e. The fourth-order valence-corrected chi connectivity index (χ4v) is 4.07. The lowest BCUT2D eigenvalue weighted by Crippen LogP contribution is -2.33. The summed E-state index contributed by atoms with van der Waals surface area (Å²) < 4.78 is 1.64. The Bertz CT molecular complexity index is 1560. The standard InChI is InChI=1S/C27H22ClN5O2/c1-2-32(17-25-29-22-11-7-6-10-21(22)26(34)30-25)27(35)24-16-23(18-12-14-19(28)15-13-18)31-33(24)20-8-4-3-5-9-20/h3-16H,2,17H2,1H3,(H,29,30,34). The van der Waals surface area contributed by atoms with Crippen molar-refractivity contribution in [2.45, 2.75) is 13.5 Å². The van der Waals surface area contributed by atoms with Crippen LogP contribution >= 0.6 is 11.6 Å². The third-order valence-corrected chi connectivity index (χ3v) is 5.99. The second kappa shape index (κ2) is 9.56. The number of aromatic amines is 1. The van der Waals surface area contributed by atoms with Crippen LogP contribution in [0.2, 0.25) is 5.02 Å². The first kappa shape index (κ1) is 22.6. The Hall–Kier alpha value is -4.23. The molecular formula is C27H22ClN5O2. The van der Waals surface area contributed by atoms with Crippen molar-refractivity contribution in [3.05, 3.63) is 112 Å². The van der Waals surface area contributed by atoms with Gasteiger partial charge in [0.1, 0.15) is 11.5 Å². The smallest absolute Gasteiger partial charge is 0.273 e. The molecule has 7 nitrogen and oxygen atoms in total. The second-order valence-corrected chi connectivity index (χ2v) is 8.45. The molecular weight excluding hydrogens is 462 g/mol. The van der Waals surface area contributed by atoms with E-state index in [1.54, 1.807) is 46.0 Å². The number of hydrogen-bond acceptors (Lipinski definition) is 4. The zero-order valence-electron chi connectivity index (χ0n) is 19.0. The monoisotopic (exact) mass is 483 g/mol. The summed E-state index contributed by atoms with van der Waals surface area (Å²) in [5, 5.41) is 5.87. The van der Waals surface area contributed by atoms with E-state index < -0.39 is 0 Å². The van der Waals surface area contributed by atoms with E-state index in [1.807, 2.05) is 55.5 Å². The van der Waals surface area contributed by atoms with Gasteiger partial charge in [0.2, 0.25) is 0 Å². The van der Waals surface area contributed by atoms with Crippen LogP contribution in [-0.4, -0.2) is 37.1 Å². The molecule has 0 aliphatic carbocycles. The van der Waals surface area contributed by atoms with Crippen molar-refractivity contribution in [1.82, 2.24) is 24.6 Å². The minimum atomic E-state index is -0.228. The maximum absolute atomic E-state index is 13.7. The number of para-hydroxylation sites is 2. The molecule has 0 saturated heterocycles. The van der Waals surface area contributed by atoms with Crippen molar-refractivity contribution in [3.8, 4) is 16.9 Å². The Labute approximate surface area is 206 Å². The number of carbonyl (C=O) groups is 1. The maximum Gasteiger partial charge on any atom is 0.273 e. The molecule has 174 valence electrons. The van der Waals surface area contributed by atoms with Gasteiger partial charge in [-0.2, -0.15) is 5.10 Å². The normalized spacial score (nSPS) is 11.0. The van der Waals surface area contributed by atoms with E-state index in [0.29, 0.717) is 39.7 Å². The summed E-state index contributed by atoms with van der Waals surface area (Å²) in [5.41, 5.74) is 3.04. The van der Waals surface area contributed by atoms with Gasteiger partial charge < -0.3 is 9.88 Å². The van der Waals surface area contributed by atoms with E-state index in [4.69, 9.17) is 16.7 Å². The van der Waals surface area contributed by atoms with Crippen LogP contribution in [0.15, 0.2) is 89.7 Å². The van der Waals surface area contributed by atoms with Crippen molar-refractivity contribution in [3.63, 3.8) is 0 Å². The van der Waals surface area contributed by atoms with E-state index in [0.717, 1.165) is 11.3 Å². The molecule has 1 amide bonds. The van der Waals surface area contributed by atoms with E-state index in [9.17, 15) is 9.59 Å². The molecule has 5 aromatic rings. The highest BCUT2D eigenvalue weighted by atomic mass is 35.5. The molecule has 2 aromatic heterocycles. The number of nitrogens with one attached hydrogen (secondary N) is 1. The van der Waals surface area contributed by atoms with E-state index in [-0.39, 0.29) is 18.0 Å². The highest BCUT2D eigenvalue weighted by Gasteiger charge is 2.23. The van der Waals surface area contributed by atoms with Crippen LogP contribution in [0.4, 0.5) is 0 Å². The van der Waals surface area contributed by atoms with Crippen LogP contribution in [0.25, 0.3) is 27.8 Å². The molecule has 0 aliphatic rings. The molecule has 0 bridgehead atoms. The first-order chi connectivity index (χ1) is 17.0. The van der Waals surface area contributed by atoms with Gasteiger partial charge >= 0.3 is 0 Å². The number of carbonyl (C=O) groups excluding carboxylic acids is 1. The summed E-state index contributed by atoms with van der Waals surface area (Å²) in [5.74, 6) is 0.201. The van der Waals surface area contributed by atoms with E-state index in [1.165, 1.54) is 0 Å². The number of fused-ring (bicyclic) bond motifs is 1. The molecule has 0 spiro atoms. The van der Waals surface area contributed by atoms with Gasteiger partial charge in [0, 0.05) is 17.1 Å². The van der Waals surface area contributed by atoms with Crippen molar-refractivity contribution >= 4 is 28.4 Å². The number of rotatable bonds is 6.